The van der Waals surface area contributed by atoms with Gasteiger partial charge in [0.05, 0.1) is 5.39 Å². The van der Waals surface area contributed by atoms with Gasteiger partial charge in [0.15, 0.2) is 5.76 Å². The molecule has 24 heavy (non-hydrogen) atoms. The Labute approximate surface area is 140 Å². The first-order valence-corrected chi connectivity index (χ1v) is 9.04. The molecule has 0 saturated heterocycles. The average molecular weight is 323 g/mol. The molecule has 0 aliphatic heterocycles. The van der Waals surface area contributed by atoms with Crippen LogP contribution in [0.5, 0.6) is 0 Å². The number of nitrogens with one attached hydrogen (secondary N) is 1. The predicted molar refractivity (Wildman–Crippen MR) is 90.8 cm³/mol. The summed E-state index contributed by atoms with van der Waals surface area (Å²) < 4.78 is 5.26. The number of fused-ring (bicyclic) bond motifs is 6. The highest BCUT2D eigenvalue weighted by Gasteiger charge is 2.54. The smallest absolute Gasteiger partial charge is 0.344 e. The van der Waals surface area contributed by atoms with Crippen molar-refractivity contribution >= 4 is 16.7 Å². The van der Waals surface area contributed by atoms with Gasteiger partial charge in [-0.2, -0.15) is 0 Å². The largest absolute Gasteiger partial charge is 0.417 e. The van der Waals surface area contributed by atoms with Crippen LogP contribution in [0.2, 0.25) is 0 Å². The van der Waals surface area contributed by atoms with E-state index in [2.05, 4.69) is 5.32 Å². The van der Waals surface area contributed by atoms with Gasteiger partial charge in [-0.15, -0.1) is 0 Å². The van der Waals surface area contributed by atoms with Gasteiger partial charge in [-0.1, -0.05) is 24.6 Å². The third kappa shape index (κ3) is 2.05. The molecule has 1 N–H and O–H groups in total. The van der Waals surface area contributed by atoms with Crippen molar-refractivity contribution in [3.63, 3.8) is 0 Å². The lowest BCUT2D eigenvalue weighted by Crippen LogP contribution is -2.42. The fourth-order valence-electron chi connectivity index (χ4n) is 5.72. The quantitative estimate of drug-likeness (QED) is 0.922. The van der Waals surface area contributed by atoms with Gasteiger partial charge in [0.2, 0.25) is 0 Å². The van der Waals surface area contributed by atoms with Crippen molar-refractivity contribution in [2.24, 2.45) is 23.7 Å². The van der Waals surface area contributed by atoms with Crippen LogP contribution in [-0.4, -0.2) is 11.9 Å². The lowest BCUT2D eigenvalue weighted by atomic mass is 9.79. The van der Waals surface area contributed by atoms with E-state index in [4.69, 9.17) is 4.42 Å². The van der Waals surface area contributed by atoms with E-state index in [-0.39, 0.29) is 17.7 Å². The molecule has 1 amide bonds. The van der Waals surface area contributed by atoms with E-state index in [9.17, 15) is 9.59 Å². The van der Waals surface area contributed by atoms with Crippen LogP contribution >= 0.6 is 0 Å². The fourth-order valence-corrected chi connectivity index (χ4v) is 5.72. The Morgan fingerprint density at radius 3 is 2.83 bits per heavy atom. The molecule has 0 spiro atoms. The highest BCUT2D eigenvalue weighted by atomic mass is 16.4. The summed E-state index contributed by atoms with van der Waals surface area (Å²) in [5, 5.41) is 4.43. The minimum atomic E-state index is -0.443. The van der Waals surface area contributed by atoms with Crippen molar-refractivity contribution in [2.45, 2.75) is 38.1 Å². The maximum absolute atomic E-state index is 12.6. The molecule has 4 heteroatoms. The number of benzene rings is 1. The highest BCUT2D eigenvalue weighted by molar-refractivity contribution is 5.95. The van der Waals surface area contributed by atoms with Gasteiger partial charge in [0.1, 0.15) is 0 Å². The summed E-state index contributed by atoms with van der Waals surface area (Å²) in [5.74, 6) is 3.00. The van der Waals surface area contributed by atoms with Gasteiger partial charge >= 0.3 is 5.63 Å². The number of carbonyl (C=O) groups excluding carboxylic acids is 1. The lowest BCUT2D eigenvalue weighted by molar-refractivity contribution is 0.0869. The molecule has 3 saturated carbocycles. The molecule has 0 unspecified atom stereocenters. The van der Waals surface area contributed by atoms with E-state index in [1.165, 1.54) is 25.7 Å². The SMILES string of the molecule is O=C(N[C@@H]1C[C@H]2C[C@H]1[C@@H]1CCC[C@@H]21)c1cc2ccccc2c(=O)o1. The van der Waals surface area contributed by atoms with Gasteiger partial charge in [-0.05, 0) is 66.9 Å². The Bertz CT molecular complexity index is 871. The molecule has 3 aliphatic carbocycles. The van der Waals surface area contributed by atoms with Crippen molar-refractivity contribution in [1.29, 1.82) is 0 Å². The van der Waals surface area contributed by atoms with Crippen LogP contribution in [0.4, 0.5) is 0 Å². The summed E-state index contributed by atoms with van der Waals surface area (Å²) in [6.07, 6.45) is 6.41. The Morgan fingerprint density at radius 1 is 1.08 bits per heavy atom. The second-order valence-corrected chi connectivity index (χ2v) is 7.72. The molecule has 124 valence electrons. The van der Waals surface area contributed by atoms with Crippen LogP contribution in [-0.2, 0) is 0 Å². The molecule has 2 bridgehead atoms. The van der Waals surface area contributed by atoms with Gasteiger partial charge in [0, 0.05) is 6.04 Å². The maximum Gasteiger partial charge on any atom is 0.344 e. The van der Waals surface area contributed by atoms with Crippen LogP contribution in [0.3, 0.4) is 0 Å². The molecule has 0 radical (unpaired) electrons. The maximum atomic E-state index is 12.6. The van der Waals surface area contributed by atoms with Crippen LogP contribution in [0.1, 0.15) is 42.7 Å². The first-order valence-electron chi connectivity index (χ1n) is 9.04. The van der Waals surface area contributed by atoms with Crippen LogP contribution < -0.4 is 10.9 Å². The Kier molecular flexibility index (Phi) is 3.09. The molecule has 3 aliphatic rings. The van der Waals surface area contributed by atoms with E-state index in [0.717, 1.165) is 29.6 Å². The van der Waals surface area contributed by atoms with Crippen LogP contribution in [0.25, 0.3) is 10.8 Å². The Balaban J connectivity index is 1.39. The third-order valence-electron chi connectivity index (χ3n) is 6.64. The second-order valence-electron chi connectivity index (χ2n) is 7.72. The zero-order chi connectivity index (χ0) is 16.3. The number of hydrogen-bond donors (Lipinski definition) is 1. The van der Waals surface area contributed by atoms with Crippen LogP contribution in [0, 0.1) is 23.7 Å². The minimum Gasteiger partial charge on any atom is -0.417 e. The number of amides is 1. The van der Waals surface area contributed by atoms with Crippen LogP contribution in [0.15, 0.2) is 39.5 Å². The molecule has 2 aromatic rings. The van der Waals surface area contributed by atoms with Crippen molar-refractivity contribution in [1.82, 2.24) is 5.32 Å². The van der Waals surface area contributed by atoms with Gasteiger partial charge < -0.3 is 9.73 Å². The molecule has 1 heterocycles. The summed E-state index contributed by atoms with van der Waals surface area (Å²) >= 11 is 0. The van der Waals surface area contributed by atoms with Crippen molar-refractivity contribution in [2.75, 3.05) is 0 Å². The number of hydrogen-bond acceptors (Lipinski definition) is 3. The standard InChI is InChI=1S/C20H21NO3/c22-19(18-10-11-4-1-2-5-14(11)20(23)24-18)21-17-9-12-8-16(17)15-7-3-6-13(12)15/h1-2,4-5,10,12-13,15-17H,3,6-9H2,(H,21,22)/t12-,13+,15-,16+,17-/m1/s1. The molecule has 3 fully saturated rings. The first kappa shape index (κ1) is 14.3. The topological polar surface area (TPSA) is 59.3 Å². The first-order chi connectivity index (χ1) is 11.7. The monoisotopic (exact) mass is 323 g/mol. The lowest BCUT2D eigenvalue weighted by Gasteiger charge is -2.31. The van der Waals surface area contributed by atoms with Gasteiger partial charge in [-0.3, -0.25) is 4.79 Å². The summed E-state index contributed by atoms with van der Waals surface area (Å²) in [6, 6.07) is 9.14. The molecular weight excluding hydrogens is 302 g/mol. The minimum absolute atomic E-state index is 0.129. The highest BCUT2D eigenvalue weighted by Crippen LogP contribution is 2.58. The molecular formula is C20H21NO3. The zero-order valence-corrected chi connectivity index (χ0v) is 13.5. The third-order valence-corrected chi connectivity index (χ3v) is 6.64. The molecule has 1 aromatic heterocycles. The van der Waals surface area contributed by atoms with E-state index in [1.807, 2.05) is 12.1 Å². The number of rotatable bonds is 2. The summed E-state index contributed by atoms with van der Waals surface area (Å²) in [5.41, 5.74) is -0.443. The van der Waals surface area contributed by atoms with Gasteiger partial charge in [0.25, 0.3) is 5.91 Å². The Morgan fingerprint density at radius 2 is 1.92 bits per heavy atom. The van der Waals surface area contributed by atoms with E-state index < -0.39 is 5.63 Å². The molecule has 5 atom stereocenters. The second kappa shape index (κ2) is 5.20. The normalized spacial score (nSPS) is 33.8. The summed E-state index contributed by atoms with van der Waals surface area (Å²) in [6.45, 7) is 0. The molecule has 1 aromatic carbocycles. The fraction of sp³-hybridized carbons (Fsp3) is 0.500. The van der Waals surface area contributed by atoms with Crippen molar-refractivity contribution < 1.29 is 9.21 Å². The number of carbonyl (C=O) groups is 1. The van der Waals surface area contributed by atoms with E-state index in [0.29, 0.717) is 11.3 Å². The molecule has 4 nitrogen and oxygen atoms in total. The van der Waals surface area contributed by atoms with E-state index >= 15 is 0 Å². The summed E-state index contributed by atoms with van der Waals surface area (Å²) in [4.78, 5) is 24.7. The van der Waals surface area contributed by atoms with Crippen molar-refractivity contribution in [3.05, 3.63) is 46.5 Å². The summed E-state index contributed by atoms with van der Waals surface area (Å²) in [7, 11) is 0. The zero-order valence-electron chi connectivity index (χ0n) is 13.5. The van der Waals surface area contributed by atoms with Gasteiger partial charge in [-0.25, -0.2) is 4.79 Å². The Hall–Kier alpha value is -2.10. The predicted octanol–water partition coefficient (Wildman–Crippen LogP) is 3.35. The van der Waals surface area contributed by atoms with E-state index in [1.54, 1.807) is 18.2 Å². The average Bonchev–Trinajstić information content (AvgIpc) is 3.27. The van der Waals surface area contributed by atoms with Crippen molar-refractivity contribution in [3.8, 4) is 0 Å². The molecule has 5 rings (SSSR count).